The first-order chi connectivity index (χ1) is 8.82. The van der Waals surface area contributed by atoms with E-state index in [4.69, 9.17) is 0 Å². The third-order valence-corrected chi connectivity index (χ3v) is 6.04. The maximum absolute atomic E-state index is 9.63. The van der Waals surface area contributed by atoms with E-state index in [0.29, 0.717) is 12.0 Å². The van der Waals surface area contributed by atoms with Crippen LogP contribution in [0.5, 0.6) is 0 Å². The van der Waals surface area contributed by atoms with E-state index in [0.717, 1.165) is 11.7 Å². The van der Waals surface area contributed by atoms with E-state index >= 15 is 0 Å². The van der Waals surface area contributed by atoms with Crippen molar-refractivity contribution in [1.29, 1.82) is 5.26 Å². The lowest BCUT2D eigenvalue weighted by Gasteiger charge is -2.28. The van der Waals surface area contributed by atoms with Crippen molar-refractivity contribution in [2.24, 2.45) is 11.8 Å². The van der Waals surface area contributed by atoms with Gasteiger partial charge in [0.15, 0.2) is 0 Å². The first-order valence-electron chi connectivity index (χ1n) is 7.59. The van der Waals surface area contributed by atoms with Gasteiger partial charge in [-0.3, -0.25) is 5.32 Å². The molecule has 0 amide bonds. The molecule has 0 radical (unpaired) electrons. The van der Waals surface area contributed by atoms with Gasteiger partial charge in [-0.1, -0.05) is 12.8 Å². The highest BCUT2D eigenvalue weighted by Gasteiger charge is 2.48. The number of hydrogen-bond acceptors (Lipinski definition) is 3. The standard InChI is InChI=1S/C15H24N2S/c16-10-15(13-5-6-13,17-14-7-8-14)11-18-9-12-3-1-2-4-12/h12-14,17H,1-9,11H2. The molecule has 0 saturated heterocycles. The van der Waals surface area contributed by atoms with Crippen LogP contribution in [0.2, 0.25) is 0 Å². The van der Waals surface area contributed by atoms with Crippen LogP contribution < -0.4 is 5.32 Å². The molecule has 0 aromatic carbocycles. The summed E-state index contributed by atoms with van der Waals surface area (Å²) in [6.07, 6.45) is 10.8. The van der Waals surface area contributed by atoms with E-state index in [-0.39, 0.29) is 5.54 Å². The fourth-order valence-electron chi connectivity index (χ4n) is 3.16. The van der Waals surface area contributed by atoms with Crippen molar-refractivity contribution < 1.29 is 0 Å². The monoisotopic (exact) mass is 264 g/mol. The Kier molecular flexibility index (Phi) is 3.86. The summed E-state index contributed by atoms with van der Waals surface area (Å²) >= 11 is 2.04. The Labute approximate surface area is 115 Å². The van der Waals surface area contributed by atoms with Gasteiger partial charge in [0.1, 0.15) is 5.54 Å². The molecule has 0 aliphatic heterocycles. The van der Waals surface area contributed by atoms with Crippen molar-refractivity contribution in [1.82, 2.24) is 5.32 Å². The first-order valence-corrected chi connectivity index (χ1v) is 8.74. The number of nitrogens with one attached hydrogen (secondary N) is 1. The van der Waals surface area contributed by atoms with Crippen molar-refractivity contribution in [3.63, 3.8) is 0 Å². The molecule has 3 fully saturated rings. The second-order valence-corrected chi connectivity index (χ2v) is 7.47. The zero-order chi connectivity index (χ0) is 12.4. The third kappa shape index (κ3) is 3.03. The van der Waals surface area contributed by atoms with Crippen molar-refractivity contribution in [3.8, 4) is 6.07 Å². The van der Waals surface area contributed by atoms with Gasteiger partial charge in [0, 0.05) is 11.8 Å². The van der Waals surface area contributed by atoms with Crippen LogP contribution in [0.25, 0.3) is 0 Å². The lowest BCUT2D eigenvalue weighted by molar-refractivity contribution is 0.401. The second-order valence-electron chi connectivity index (χ2n) is 6.44. The summed E-state index contributed by atoms with van der Waals surface area (Å²) in [7, 11) is 0. The van der Waals surface area contributed by atoms with Crippen LogP contribution in [0.15, 0.2) is 0 Å². The number of nitriles is 1. The summed E-state index contributed by atoms with van der Waals surface area (Å²) in [5, 5.41) is 13.3. The van der Waals surface area contributed by atoms with Crippen LogP contribution >= 0.6 is 11.8 Å². The van der Waals surface area contributed by atoms with E-state index in [2.05, 4.69) is 11.4 Å². The molecule has 100 valence electrons. The van der Waals surface area contributed by atoms with Gasteiger partial charge in [-0.15, -0.1) is 0 Å². The van der Waals surface area contributed by atoms with Gasteiger partial charge in [0.05, 0.1) is 6.07 Å². The van der Waals surface area contributed by atoms with Crippen molar-refractivity contribution >= 4 is 11.8 Å². The lowest BCUT2D eigenvalue weighted by atomic mass is 9.97. The molecule has 0 bridgehead atoms. The van der Waals surface area contributed by atoms with Gasteiger partial charge in [-0.05, 0) is 56.1 Å². The highest BCUT2D eigenvalue weighted by atomic mass is 32.2. The molecule has 2 nitrogen and oxygen atoms in total. The Balaban J connectivity index is 1.50. The molecule has 3 aliphatic carbocycles. The van der Waals surface area contributed by atoms with Crippen LogP contribution in [0.3, 0.4) is 0 Å². The highest BCUT2D eigenvalue weighted by Crippen LogP contribution is 2.43. The predicted molar refractivity (Wildman–Crippen MR) is 76.5 cm³/mol. The Morgan fingerprint density at radius 2 is 1.83 bits per heavy atom. The van der Waals surface area contributed by atoms with Crippen molar-refractivity contribution in [2.75, 3.05) is 11.5 Å². The summed E-state index contributed by atoms with van der Waals surface area (Å²) in [6.45, 7) is 0. The van der Waals surface area contributed by atoms with E-state index in [1.165, 1.54) is 57.1 Å². The maximum Gasteiger partial charge on any atom is 0.118 e. The maximum atomic E-state index is 9.63. The molecule has 3 heteroatoms. The van der Waals surface area contributed by atoms with Gasteiger partial charge in [0.2, 0.25) is 0 Å². The van der Waals surface area contributed by atoms with Gasteiger partial charge < -0.3 is 0 Å². The average Bonchev–Trinajstić information content (AvgIpc) is 3.29. The average molecular weight is 264 g/mol. The zero-order valence-corrected chi connectivity index (χ0v) is 12.0. The van der Waals surface area contributed by atoms with E-state index in [1.54, 1.807) is 0 Å². The first kappa shape index (κ1) is 12.8. The largest absolute Gasteiger partial charge is 0.296 e. The molecule has 0 heterocycles. The minimum atomic E-state index is -0.190. The molecule has 0 aromatic rings. The van der Waals surface area contributed by atoms with Crippen LogP contribution in [-0.4, -0.2) is 23.1 Å². The Bertz CT molecular complexity index is 324. The minimum absolute atomic E-state index is 0.190. The normalized spacial score (nSPS) is 27.9. The van der Waals surface area contributed by atoms with E-state index < -0.39 is 0 Å². The minimum Gasteiger partial charge on any atom is -0.296 e. The molecule has 1 unspecified atom stereocenters. The molecule has 0 spiro atoms. The topological polar surface area (TPSA) is 35.8 Å². The summed E-state index contributed by atoms with van der Waals surface area (Å²) in [5.74, 6) is 3.87. The van der Waals surface area contributed by atoms with Crippen LogP contribution in [0.1, 0.15) is 51.4 Å². The van der Waals surface area contributed by atoms with Gasteiger partial charge in [-0.25, -0.2) is 0 Å². The molecule has 1 N–H and O–H groups in total. The van der Waals surface area contributed by atoms with Crippen molar-refractivity contribution in [2.45, 2.75) is 62.9 Å². The highest BCUT2D eigenvalue weighted by molar-refractivity contribution is 7.99. The van der Waals surface area contributed by atoms with E-state index in [9.17, 15) is 5.26 Å². The summed E-state index contributed by atoms with van der Waals surface area (Å²) < 4.78 is 0. The molecule has 1 atom stereocenters. The fraction of sp³-hybridized carbons (Fsp3) is 0.933. The summed E-state index contributed by atoms with van der Waals surface area (Å²) in [4.78, 5) is 0. The number of thioether (sulfide) groups is 1. The number of nitrogens with zero attached hydrogens (tertiary/aromatic N) is 1. The van der Waals surface area contributed by atoms with Gasteiger partial charge >= 0.3 is 0 Å². The fourth-order valence-corrected chi connectivity index (χ4v) is 4.65. The Morgan fingerprint density at radius 3 is 2.39 bits per heavy atom. The molecule has 3 aliphatic rings. The SMILES string of the molecule is N#CC(CSCC1CCCC1)(NC1CC1)C1CC1. The molecular formula is C15H24N2S. The van der Waals surface area contributed by atoms with Gasteiger partial charge in [-0.2, -0.15) is 17.0 Å². The van der Waals surface area contributed by atoms with Crippen molar-refractivity contribution in [3.05, 3.63) is 0 Å². The quantitative estimate of drug-likeness (QED) is 0.766. The predicted octanol–water partition coefficient (Wildman–Crippen LogP) is 3.33. The van der Waals surface area contributed by atoms with Crippen LogP contribution in [0, 0.1) is 23.2 Å². The number of hydrogen-bond donors (Lipinski definition) is 1. The Morgan fingerprint density at radius 1 is 1.11 bits per heavy atom. The molecular weight excluding hydrogens is 240 g/mol. The second kappa shape index (κ2) is 5.43. The summed E-state index contributed by atoms with van der Waals surface area (Å²) in [6, 6.07) is 3.29. The zero-order valence-electron chi connectivity index (χ0n) is 11.2. The molecule has 3 saturated carbocycles. The molecule has 0 aromatic heterocycles. The van der Waals surface area contributed by atoms with Crippen LogP contribution in [-0.2, 0) is 0 Å². The number of rotatable bonds is 7. The summed E-state index contributed by atoms with van der Waals surface area (Å²) in [5.41, 5.74) is -0.190. The third-order valence-electron chi connectivity index (χ3n) is 4.67. The molecule has 18 heavy (non-hydrogen) atoms. The Hall–Kier alpha value is -0.200. The van der Waals surface area contributed by atoms with Gasteiger partial charge in [0.25, 0.3) is 0 Å². The lowest BCUT2D eigenvalue weighted by Crippen LogP contribution is -2.49. The smallest absolute Gasteiger partial charge is 0.118 e. The van der Waals surface area contributed by atoms with E-state index in [1.807, 2.05) is 11.8 Å². The van der Waals surface area contributed by atoms with Crippen LogP contribution in [0.4, 0.5) is 0 Å². The molecule has 3 rings (SSSR count).